The molecule has 0 atom stereocenters. The van der Waals surface area contributed by atoms with Crippen molar-refractivity contribution < 1.29 is 32.6 Å². The van der Waals surface area contributed by atoms with Crippen molar-refractivity contribution in [2.75, 3.05) is 6.61 Å². The van der Waals surface area contributed by atoms with Gasteiger partial charge in [0.15, 0.2) is 0 Å². The third-order valence-corrected chi connectivity index (χ3v) is 3.11. The van der Waals surface area contributed by atoms with Gasteiger partial charge in [-0.25, -0.2) is 4.79 Å². The third-order valence-electron chi connectivity index (χ3n) is 3.11. The summed E-state index contributed by atoms with van der Waals surface area (Å²) in [5, 5.41) is 12.8. The van der Waals surface area contributed by atoms with E-state index in [4.69, 9.17) is 9.84 Å². The van der Waals surface area contributed by atoms with Gasteiger partial charge in [0.2, 0.25) is 0 Å². The summed E-state index contributed by atoms with van der Waals surface area (Å²) in [7, 11) is 0. The van der Waals surface area contributed by atoms with E-state index in [1.165, 1.54) is 6.20 Å². The Morgan fingerprint density at radius 1 is 1.33 bits per heavy atom. The highest BCUT2D eigenvalue weighted by Gasteiger charge is 2.34. The van der Waals surface area contributed by atoms with Crippen LogP contribution >= 0.6 is 0 Å². The fourth-order valence-corrected chi connectivity index (χ4v) is 2.09. The Bertz CT molecular complexity index is 768. The van der Waals surface area contributed by atoms with Crippen molar-refractivity contribution in [2.45, 2.75) is 19.6 Å². The van der Waals surface area contributed by atoms with E-state index in [-0.39, 0.29) is 29.8 Å². The normalized spacial score (nSPS) is 11.3. The lowest BCUT2D eigenvalue weighted by molar-refractivity contribution is -0.144. The number of nitrogens with zero attached hydrogens (tertiary/aromatic N) is 2. The molecule has 24 heavy (non-hydrogen) atoms. The van der Waals surface area contributed by atoms with Gasteiger partial charge in [0.05, 0.1) is 23.9 Å². The Balaban J connectivity index is 2.43. The van der Waals surface area contributed by atoms with E-state index in [9.17, 15) is 22.8 Å². The van der Waals surface area contributed by atoms with E-state index in [1.54, 1.807) is 6.92 Å². The number of rotatable bonds is 5. The molecule has 0 saturated carbocycles. The summed E-state index contributed by atoms with van der Waals surface area (Å²) < 4.78 is 45.3. The fraction of sp³-hybridized carbons (Fsp3) is 0.267. The molecule has 0 aliphatic heterocycles. The predicted octanol–water partition coefficient (Wildman–Crippen LogP) is 2.83. The van der Waals surface area contributed by atoms with Gasteiger partial charge in [-0.05, 0) is 30.7 Å². The number of esters is 1. The first kappa shape index (κ1) is 17.5. The van der Waals surface area contributed by atoms with Crippen LogP contribution in [0.2, 0.25) is 0 Å². The summed E-state index contributed by atoms with van der Waals surface area (Å²) >= 11 is 0. The Morgan fingerprint density at radius 2 is 2.04 bits per heavy atom. The zero-order chi connectivity index (χ0) is 17.9. The summed E-state index contributed by atoms with van der Waals surface area (Å²) in [4.78, 5) is 22.4. The van der Waals surface area contributed by atoms with Crippen molar-refractivity contribution in [3.05, 3.63) is 41.7 Å². The van der Waals surface area contributed by atoms with Crippen molar-refractivity contribution >= 4 is 11.9 Å². The molecule has 0 amide bonds. The first-order valence-corrected chi connectivity index (χ1v) is 6.85. The number of hydrogen-bond acceptors (Lipinski definition) is 4. The molecule has 0 spiro atoms. The van der Waals surface area contributed by atoms with Gasteiger partial charge in [0.1, 0.15) is 6.54 Å². The highest BCUT2D eigenvalue weighted by Crippen LogP contribution is 2.37. The first-order chi connectivity index (χ1) is 11.2. The van der Waals surface area contributed by atoms with Crippen LogP contribution in [-0.4, -0.2) is 33.4 Å². The highest BCUT2D eigenvalue weighted by molar-refractivity contribution is 5.90. The van der Waals surface area contributed by atoms with Crippen LogP contribution in [0.3, 0.4) is 0 Å². The largest absolute Gasteiger partial charge is 0.478 e. The summed E-state index contributed by atoms with van der Waals surface area (Å²) in [6.45, 7) is 1.54. The maximum atomic E-state index is 13.1. The molecule has 1 aromatic carbocycles. The number of carbonyl (C=O) groups is 2. The van der Waals surface area contributed by atoms with Crippen molar-refractivity contribution in [1.82, 2.24) is 9.78 Å². The molecule has 2 aromatic rings. The van der Waals surface area contributed by atoms with Crippen molar-refractivity contribution in [1.29, 1.82) is 0 Å². The number of carboxylic acids is 1. The number of benzene rings is 1. The monoisotopic (exact) mass is 342 g/mol. The molecular weight excluding hydrogens is 329 g/mol. The number of halogens is 3. The number of ether oxygens (including phenoxy) is 1. The molecule has 6 nitrogen and oxygen atoms in total. The average molecular weight is 342 g/mol. The maximum absolute atomic E-state index is 13.1. The molecule has 0 bridgehead atoms. The summed E-state index contributed by atoms with van der Waals surface area (Å²) in [5.74, 6) is -1.92. The molecule has 1 N–H and O–H groups in total. The van der Waals surface area contributed by atoms with Gasteiger partial charge in [-0.3, -0.25) is 9.48 Å². The molecule has 0 aliphatic carbocycles. The molecule has 1 aromatic heterocycles. The number of hydrogen-bond donors (Lipinski definition) is 1. The quantitative estimate of drug-likeness (QED) is 0.845. The third kappa shape index (κ3) is 3.92. The van der Waals surface area contributed by atoms with E-state index in [2.05, 4.69) is 5.10 Å². The van der Waals surface area contributed by atoms with Crippen LogP contribution in [0.15, 0.2) is 30.6 Å². The number of alkyl halides is 3. The van der Waals surface area contributed by atoms with E-state index in [1.807, 2.05) is 0 Å². The number of aromatic carboxylic acids is 1. The van der Waals surface area contributed by atoms with Crippen LogP contribution in [0.1, 0.15) is 22.8 Å². The lowest BCUT2D eigenvalue weighted by Crippen LogP contribution is -2.13. The Labute approximate surface area is 134 Å². The molecule has 0 unspecified atom stereocenters. The summed E-state index contributed by atoms with van der Waals surface area (Å²) in [5.41, 5.74) is -1.54. The highest BCUT2D eigenvalue weighted by atomic mass is 19.4. The minimum atomic E-state index is -4.66. The number of carboxylic acid groups (broad SMARTS) is 1. The summed E-state index contributed by atoms with van der Waals surface area (Å²) in [6.07, 6.45) is -2.29. The molecule has 0 aliphatic rings. The Morgan fingerprint density at radius 3 is 2.62 bits per heavy atom. The van der Waals surface area contributed by atoms with Gasteiger partial charge in [-0.1, -0.05) is 0 Å². The van der Waals surface area contributed by atoms with E-state index in [0.29, 0.717) is 6.07 Å². The SMILES string of the molecule is CCOC(=O)Cn1cc(-c2cc(C(=O)O)ccc2C(F)(F)F)cn1. The van der Waals surface area contributed by atoms with Crippen LogP contribution < -0.4 is 0 Å². The minimum Gasteiger partial charge on any atom is -0.478 e. The van der Waals surface area contributed by atoms with Crippen molar-refractivity contribution in [2.24, 2.45) is 0 Å². The second-order valence-electron chi connectivity index (χ2n) is 4.79. The Hall–Kier alpha value is -2.84. The van der Waals surface area contributed by atoms with Gasteiger partial charge < -0.3 is 9.84 Å². The van der Waals surface area contributed by atoms with Crippen LogP contribution in [-0.2, 0) is 22.3 Å². The van der Waals surface area contributed by atoms with Gasteiger partial charge in [0.25, 0.3) is 0 Å². The standard InChI is InChI=1S/C15H13F3N2O4/c1-2-24-13(21)8-20-7-10(6-19-20)11-5-9(14(22)23)3-4-12(11)15(16,17)18/h3-7H,2,8H2,1H3,(H,22,23). The lowest BCUT2D eigenvalue weighted by Gasteiger charge is -2.12. The van der Waals surface area contributed by atoms with Gasteiger partial charge in [0, 0.05) is 11.8 Å². The molecular formula is C15H13F3N2O4. The molecule has 0 saturated heterocycles. The second kappa shape index (κ2) is 6.73. The van der Waals surface area contributed by atoms with Crippen molar-refractivity contribution in [3.8, 4) is 11.1 Å². The van der Waals surface area contributed by atoms with Gasteiger partial charge >= 0.3 is 18.1 Å². The van der Waals surface area contributed by atoms with Crippen molar-refractivity contribution in [3.63, 3.8) is 0 Å². The molecule has 2 rings (SSSR count). The molecule has 128 valence electrons. The van der Waals surface area contributed by atoms with Gasteiger partial charge in [-0.2, -0.15) is 18.3 Å². The number of carbonyl (C=O) groups excluding carboxylic acids is 1. The molecule has 1 heterocycles. The predicted molar refractivity (Wildman–Crippen MR) is 76.3 cm³/mol. The van der Waals surface area contributed by atoms with E-state index < -0.39 is 23.7 Å². The average Bonchev–Trinajstić information content (AvgIpc) is 2.94. The zero-order valence-corrected chi connectivity index (χ0v) is 12.5. The molecule has 9 heteroatoms. The molecule has 0 fully saturated rings. The number of aromatic nitrogens is 2. The Kier molecular flexibility index (Phi) is 4.91. The minimum absolute atomic E-state index is 0.0507. The lowest BCUT2D eigenvalue weighted by atomic mass is 9.99. The fourth-order valence-electron chi connectivity index (χ4n) is 2.09. The van der Waals surface area contributed by atoms with E-state index in [0.717, 1.165) is 23.0 Å². The maximum Gasteiger partial charge on any atom is 0.417 e. The molecule has 0 radical (unpaired) electrons. The topological polar surface area (TPSA) is 81.4 Å². The van der Waals surface area contributed by atoms with Gasteiger partial charge in [-0.15, -0.1) is 0 Å². The van der Waals surface area contributed by atoms with E-state index >= 15 is 0 Å². The first-order valence-electron chi connectivity index (χ1n) is 6.85. The van der Waals surface area contributed by atoms with Crippen LogP contribution in [0, 0.1) is 0 Å². The van der Waals surface area contributed by atoms with Crippen LogP contribution in [0.25, 0.3) is 11.1 Å². The van der Waals surface area contributed by atoms with Crippen LogP contribution in [0.5, 0.6) is 0 Å². The smallest absolute Gasteiger partial charge is 0.417 e. The second-order valence-corrected chi connectivity index (χ2v) is 4.79. The van der Waals surface area contributed by atoms with Crippen LogP contribution in [0.4, 0.5) is 13.2 Å². The summed E-state index contributed by atoms with van der Waals surface area (Å²) in [6, 6.07) is 2.52. The zero-order valence-electron chi connectivity index (χ0n) is 12.5.